The fourth-order valence-corrected chi connectivity index (χ4v) is 2.10. The molecule has 0 saturated heterocycles. The minimum Gasteiger partial charge on any atom is -0.453 e. The highest BCUT2D eigenvalue weighted by atomic mass is 19.1. The van der Waals surface area contributed by atoms with Crippen LogP contribution in [0.15, 0.2) is 42.5 Å². The zero-order chi connectivity index (χ0) is 17.1. The number of ether oxygens (including phenoxy) is 1. The van der Waals surface area contributed by atoms with Crippen molar-refractivity contribution < 1.29 is 18.7 Å². The Morgan fingerprint density at radius 2 is 1.88 bits per heavy atom. The van der Waals surface area contributed by atoms with Crippen LogP contribution in [0.4, 0.5) is 20.8 Å². The number of amides is 2. The van der Waals surface area contributed by atoms with Crippen LogP contribution in [0.5, 0.6) is 0 Å². The fourth-order valence-electron chi connectivity index (χ4n) is 2.10. The second-order valence-corrected chi connectivity index (χ2v) is 4.89. The lowest BCUT2D eigenvalue weighted by Crippen LogP contribution is -2.11. The molecule has 3 rings (SSSR count). The van der Waals surface area contributed by atoms with Crippen LogP contribution in [-0.4, -0.2) is 29.1 Å². The van der Waals surface area contributed by atoms with E-state index in [9.17, 15) is 14.0 Å². The van der Waals surface area contributed by atoms with Crippen molar-refractivity contribution in [3.05, 3.63) is 53.8 Å². The molecule has 0 spiro atoms. The lowest BCUT2D eigenvalue weighted by molar-refractivity contribution is 0.102. The van der Waals surface area contributed by atoms with E-state index in [-0.39, 0.29) is 11.9 Å². The molecule has 0 aliphatic carbocycles. The second-order valence-electron chi connectivity index (χ2n) is 4.89. The summed E-state index contributed by atoms with van der Waals surface area (Å²) in [6.45, 7) is 0. The first-order chi connectivity index (χ1) is 11.5. The van der Waals surface area contributed by atoms with Crippen LogP contribution >= 0.6 is 0 Å². The minimum absolute atomic E-state index is 0.235. The van der Waals surface area contributed by atoms with Gasteiger partial charge in [-0.15, -0.1) is 0 Å². The molecule has 7 nitrogen and oxygen atoms in total. The Kier molecular flexibility index (Phi) is 4.11. The van der Waals surface area contributed by atoms with Gasteiger partial charge >= 0.3 is 6.09 Å². The predicted octanol–water partition coefficient (Wildman–Crippen LogP) is 3.13. The van der Waals surface area contributed by atoms with Crippen molar-refractivity contribution in [2.24, 2.45) is 0 Å². The average molecular weight is 328 g/mol. The first-order valence-electron chi connectivity index (χ1n) is 6.97. The summed E-state index contributed by atoms with van der Waals surface area (Å²) in [5, 5.41) is 5.13. The molecule has 0 saturated carbocycles. The van der Waals surface area contributed by atoms with Crippen molar-refractivity contribution >= 4 is 34.7 Å². The van der Waals surface area contributed by atoms with Crippen LogP contribution in [0, 0.1) is 5.82 Å². The van der Waals surface area contributed by atoms with E-state index in [1.807, 2.05) is 0 Å². The maximum absolute atomic E-state index is 12.9. The Morgan fingerprint density at radius 3 is 2.58 bits per heavy atom. The zero-order valence-corrected chi connectivity index (χ0v) is 12.6. The smallest absolute Gasteiger partial charge is 0.413 e. The highest BCUT2D eigenvalue weighted by molar-refractivity contribution is 6.05. The monoisotopic (exact) mass is 328 g/mol. The minimum atomic E-state index is -0.640. The number of nitrogens with one attached hydrogen (secondary N) is 3. The van der Waals surface area contributed by atoms with Crippen LogP contribution < -0.4 is 10.6 Å². The molecular weight excluding hydrogens is 315 g/mol. The summed E-state index contributed by atoms with van der Waals surface area (Å²) in [7, 11) is 1.25. The first-order valence-corrected chi connectivity index (χ1v) is 6.97. The molecule has 3 aromatic rings. The van der Waals surface area contributed by atoms with Crippen molar-refractivity contribution in [2.75, 3.05) is 17.7 Å². The second kappa shape index (κ2) is 6.37. The van der Waals surface area contributed by atoms with Crippen molar-refractivity contribution in [3.63, 3.8) is 0 Å². The standard InChI is InChI=1S/C16H13FN4O3/c1-24-16(23)21-15-19-12-7-6-11(8-13(12)20-15)18-14(22)9-2-4-10(17)5-3-9/h2-8H,1H3,(H,18,22)(H2,19,20,21,23). The molecule has 0 aliphatic heterocycles. The SMILES string of the molecule is COC(=O)Nc1nc2ccc(NC(=O)c3ccc(F)cc3)cc2[nH]1. The molecule has 122 valence electrons. The van der Waals surface area contributed by atoms with Crippen LogP contribution in [-0.2, 0) is 4.74 Å². The van der Waals surface area contributed by atoms with E-state index in [1.165, 1.54) is 31.4 Å². The van der Waals surface area contributed by atoms with Crippen LogP contribution in [0.3, 0.4) is 0 Å². The molecule has 3 N–H and O–H groups in total. The third kappa shape index (κ3) is 3.32. The van der Waals surface area contributed by atoms with Gasteiger partial charge in [0.1, 0.15) is 5.82 Å². The number of rotatable bonds is 3. The lowest BCUT2D eigenvalue weighted by Gasteiger charge is -2.05. The lowest BCUT2D eigenvalue weighted by atomic mass is 10.2. The molecular formula is C16H13FN4O3. The fraction of sp³-hybridized carbons (Fsp3) is 0.0625. The topological polar surface area (TPSA) is 96.1 Å². The summed E-state index contributed by atoms with van der Waals surface area (Å²) in [6.07, 6.45) is -0.640. The Labute approximate surface area is 135 Å². The number of H-pyrrole nitrogens is 1. The summed E-state index contributed by atoms with van der Waals surface area (Å²) in [5.41, 5.74) is 2.11. The number of imidazole rings is 1. The van der Waals surface area contributed by atoms with Crippen LogP contribution in [0.2, 0.25) is 0 Å². The zero-order valence-electron chi connectivity index (χ0n) is 12.6. The Morgan fingerprint density at radius 1 is 1.12 bits per heavy atom. The van der Waals surface area contributed by atoms with E-state index in [0.29, 0.717) is 22.3 Å². The molecule has 0 atom stereocenters. The van der Waals surface area contributed by atoms with Gasteiger partial charge in [-0.3, -0.25) is 10.1 Å². The largest absolute Gasteiger partial charge is 0.453 e. The summed E-state index contributed by atoms with van der Waals surface area (Å²) < 4.78 is 17.4. The quantitative estimate of drug-likeness (QED) is 0.688. The van der Waals surface area contributed by atoms with Crippen LogP contribution in [0.1, 0.15) is 10.4 Å². The molecule has 24 heavy (non-hydrogen) atoms. The third-order valence-electron chi connectivity index (χ3n) is 3.25. The molecule has 1 aromatic heterocycles. The van der Waals surface area contributed by atoms with Gasteiger partial charge in [0.05, 0.1) is 18.1 Å². The number of anilines is 2. The number of fused-ring (bicyclic) bond motifs is 1. The number of aromatic amines is 1. The van der Waals surface area contributed by atoms with E-state index >= 15 is 0 Å². The Balaban J connectivity index is 1.78. The van der Waals surface area contributed by atoms with E-state index in [2.05, 4.69) is 25.3 Å². The highest BCUT2D eigenvalue weighted by Crippen LogP contribution is 2.20. The van der Waals surface area contributed by atoms with E-state index in [0.717, 1.165) is 0 Å². The van der Waals surface area contributed by atoms with E-state index < -0.39 is 11.9 Å². The van der Waals surface area contributed by atoms with Gasteiger partial charge in [-0.2, -0.15) is 0 Å². The number of hydrogen-bond donors (Lipinski definition) is 3. The number of hydrogen-bond acceptors (Lipinski definition) is 4. The summed E-state index contributed by atoms with van der Waals surface area (Å²) in [5.74, 6) is -0.531. The number of methoxy groups -OCH3 is 1. The first kappa shape index (κ1) is 15.5. The Hall–Kier alpha value is -3.42. The maximum Gasteiger partial charge on any atom is 0.413 e. The molecule has 0 fully saturated rings. The molecule has 0 aliphatic rings. The molecule has 0 bridgehead atoms. The molecule has 8 heteroatoms. The number of nitrogens with zero attached hydrogens (tertiary/aromatic N) is 1. The number of aromatic nitrogens is 2. The maximum atomic E-state index is 12.9. The van der Waals surface area contributed by atoms with Gasteiger partial charge in [0.2, 0.25) is 5.95 Å². The summed E-state index contributed by atoms with van der Waals surface area (Å²) in [4.78, 5) is 30.4. The third-order valence-corrected chi connectivity index (χ3v) is 3.25. The highest BCUT2D eigenvalue weighted by Gasteiger charge is 2.09. The van der Waals surface area contributed by atoms with Gasteiger partial charge < -0.3 is 15.0 Å². The molecule has 2 amide bonds. The summed E-state index contributed by atoms with van der Waals surface area (Å²) >= 11 is 0. The van der Waals surface area contributed by atoms with Gasteiger partial charge in [0.15, 0.2) is 0 Å². The van der Waals surface area contributed by atoms with E-state index in [1.54, 1.807) is 18.2 Å². The number of benzene rings is 2. The van der Waals surface area contributed by atoms with Crippen molar-refractivity contribution in [2.45, 2.75) is 0 Å². The molecule has 0 unspecified atom stereocenters. The van der Waals surface area contributed by atoms with E-state index in [4.69, 9.17) is 0 Å². The number of carbonyl (C=O) groups is 2. The van der Waals surface area contributed by atoms with Gasteiger partial charge in [-0.25, -0.2) is 14.2 Å². The number of halogens is 1. The molecule has 0 radical (unpaired) electrons. The predicted molar refractivity (Wildman–Crippen MR) is 86.5 cm³/mol. The van der Waals surface area contributed by atoms with Gasteiger partial charge in [-0.05, 0) is 42.5 Å². The molecule has 1 heterocycles. The van der Waals surface area contributed by atoms with Gasteiger partial charge in [0.25, 0.3) is 5.91 Å². The molecule has 2 aromatic carbocycles. The average Bonchev–Trinajstić information content (AvgIpc) is 2.96. The Bertz CT molecular complexity index is 905. The van der Waals surface area contributed by atoms with Crippen molar-refractivity contribution in [1.82, 2.24) is 9.97 Å². The van der Waals surface area contributed by atoms with Gasteiger partial charge in [0, 0.05) is 11.3 Å². The number of carbonyl (C=O) groups excluding carboxylic acids is 2. The summed E-state index contributed by atoms with van der Waals surface area (Å²) in [6, 6.07) is 10.3. The van der Waals surface area contributed by atoms with Crippen LogP contribution in [0.25, 0.3) is 11.0 Å². The van der Waals surface area contributed by atoms with Gasteiger partial charge in [-0.1, -0.05) is 0 Å². The van der Waals surface area contributed by atoms with Crippen molar-refractivity contribution in [1.29, 1.82) is 0 Å². The normalized spacial score (nSPS) is 10.4. The van der Waals surface area contributed by atoms with Crippen molar-refractivity contribution in [3.8, 4) is 0 Å².